The third kappa shape index (κ3) is 2.04. The van der Waals surface area contributed by atoms with E-state index in [1.54, 1.807) is 13.0 Å². The van der Waals surface area contributed by atoms with Crippen LogP contribution in [0.15, 0.2) is 12.1 Å². The fourth-order valence-corrected chi connectivity index (χ4v) is 1.45. The molecular formula is C11H16FNO. The van der Waals surface area contributed by atoms with Gasteiger partial charge in [-0.2, -0.15) is 0 Å². The zero-order valence-electron chi connectivity index (χ0n) is 8.55. The molecule has 0 spiro atoms. The highest BCUT2D eigenvalue weighted by atomic mass is 19.1. The van der Waals surface area contributed by atoms with Crippen LogP contribution in [0.25, 0.3) is 0 Å². The van der Waals surface area contributed by atoms with Crippen LogP contribution in [0.1, 0.15) is 29.7 Å². The number of halogens is 1. The second-order valence-corrected chi connectivity index (χ2v) is 3.46. The van der Waals surface area contributed by atoms with Crippen molar-refractivity contribution in [1.29, 1.82) is 0 Å². The minimum atomic E-state index is -0.722. The molecule has 0 bridgehead atoms. The molecule has 0 heterocycles. The second kappa shape index (κ2) is 4.42. The van der Waals surface area contributed by atoms with Gasteiger partial charge in [-0.15, -0.1) is 0 Å². The van der Waals surface area contributed by atoms with Crippen LogP contribution in [-0.2, 0) is 6.42 Å². The van der Waals surface area contributed by atoms with Crippen LogP contribution in [0.3, 0.4) is 0 Å². The lowest BCUT2D eigenvalue weighted by atomic mass is 9.99. The van der Waals surface area contributed by atoms with Crippen LogP contribution in [-0.4, -0.2) is 11.8 Å². The maximum absolute atomic E-state index is 12.4. The van der Waals surface area contributed by atoms with Gasteiger partial charge in [0.25, 0.3) is 0 Å². The van der Waals surface area contributed by atoms with Gasteiger partial charge >= 0.3 is 0 Å². The number of phenolic OH excluding ortho intramolecular Hbond substituents is 1. The van der Waals surface area contributed by atoms with Crippen LogP contribution < -0.4 is 5.73 Å². The SMILES string of the molecule is CCc1cc(C)c(O)c([C@@H](N)CF)c1. The Morgan fingerprint density at radius 3 is 2.64 bits per heavy atom. The smallest absolute Gasteiger partial charge is 0.123 e. The zero-order chi connectivity index (χ0) is 10.7. The lowest BCUT2D eigenvalue weighted by molar-refractivity contribution is 0.412. The van der Waals surface area contributed by atoms with Crippen molar-refractivity contribution in [1.82, 2.24) is 0 Å². The summed E-state index contributed by atoms with van der Waals surface area (Å²) < 4.78 is 12.4. The van der Waals surface area contributed by atoms with Gasteiger partial charge in [-0.3, -0.25) is 0 Å². The maximum atomic E-state index is 12.4. The lowest BCUT2D eigenvalue weighted by Gasteiger charge is -2.13. The summed E-state index contributed by atoms with van der Waals surface area (Å²) in [4.78, 5) is 0. The average molecular weight is 197 g/mol. The monoisotopic (exact) mass is 197 g/mol. The van der Waals surface area contributed by atoms with Crippen molar-refractivity contribution in [3.63, 3.8) is 0 Å². The van der Waals surface area contributed by atoms with Crippen LogP contribution >= 0.6 is 0 Å². The molecule has 0 aromatic heterocycles. The Labute approximate surface area is 83.6 Å². The van der Waals surface area contributed by atoms with E-state index >= 15 is 0 Å². The van der Waals surface area contributed by atoms with Gasteiger partial charge in [0.2, 0.25) is 0 Å². The molecule has 0 aliphatic heterocycles. The minimum absolute atomic E-state index is 0.118. The Bertz CT molecular complexity index is 325. The average Bonchev–Trinajstić information content (AvgIpc) is 2.20. The fourth-order valence-electron chi connectivity index (χ4n) is 1.45. The summed E-state index contributed by atoms with van der Waals surface area (Å²) in [6.45, 7) is 3.15. The molecule has 1 atom stereocenters. The van der Waals surface area contributed by atoms with E-state index in [1.165, 1.54) is 0 Å². The molecule has 0 aliphatic rings. The molecule has 0 radical (unpaired) electrons. The van der Waals surface area contributed by atoms with Crippen molar-refractivity contribution < 1.29 is 9.50 Å². The van der Waals surface area contributed by atoms with E-state index in [0.29, 0.717) is 5.56 Å². The molecular weight excluding hydrogens is 181 g/mol. The molecule has 1 aromatic carbocycles. The second-order valence-electron chi connectivity index (χ2n) is 3.46. The van der Waals surface area contributed by atoms with Gasteiger partial charge in [-0.25, -0.2) is 4.39 Å². The van der Waals surface area contributed by atoms with E-state index in [0.717, 1.165) is 17.5 Å². The number of hydrogen-bond donors (Lipinski definition) is 2. The molecule has 0 saturated carbocycles. The molecule has 78 valence electrons. The Hall–Kier alpha value is -1.09. The number of rotatable bonds is 3. The van der Waals surface area contributed by atoms with E-state index in [2.05, 4.69) is 0 Å². The number of alkyl halides is 1. The predicted molar refractivity (Wildman–Crippen MR) is 55.1 cm³/mol. The number of nitrogens with two attached hydrogens (primary N) is 1. The van der Waals surface area contributed by atoms with Gasteiger partial charge in [-0.1, -0.05) is 19.1 Å². The van der Waals surface area contributed by atoms with Crippen LogP contribution in [0, 0.1) is 6.92 Å². The van der Waals surface area contributed by atoms with Crippen molar-refractivity contribution in [2.75, 3.05) is 6.67 Å². The number of aryl methyl sites for hydroxylation is 2. The minimum Gasteiger partial charge on any atom is -0.507 e. The first kappa shape index (κ1) is 11.0. The van der Waals surface area contributed by atoms with E-state index < -0.39 is 12.7 Å². The van der Waals surface area contributed by atoms with Gasteiger partial charge in [0.1, 0.15) is 12.4 Å². The standard InChI is InChI=1S/C11H16FNO/c1-3-8-4-7(2)11(14)9(5-8)10(13)6-12/h4-5,10,14H,3,6,13H2,1-2H3/t10-/m0/s1. The normalized spacial score (nSPS) is 12.9. The first-order valence-corrected chi connectivity index (χ1v) is 4.74. The molecule has 0 aliphatic carbocycles. The fraction of sp³-hybridized carbons (Fsp3) is 0.455. The number of hydrogen-bond acceptors (Lipinski definition) is 2. The molecule has 1 aromatic rings. The summed E-state index contributed by atoms with van der Waals surface area (Å²) in [5.74, 6) is 0.118. The van der Waals surface area contributed by atoms with Gasteiger partial charge in [0.15, 0.2) is 0 Å². The summed E-state index contributed by atoms with van der Waals surface area (Å²) in [5, 5.41) is 9.67. The number of aromatic hydroxyl groups is 1. The molecule has 0 saturated heterocycles. The summed E-state index contributed by atoms with van der Waals surface area (Å²) in [6.07, 6.45) is 0.854. The Morgan fingerprint density at radius 1 is 1.50 bits per heavy atom. The van der Waals surface area contributed by atoms with Crippen molar-refractivity contribution in [2.24, 2.45) is 5.73 Å². The first-order chi connectivity index (χ1) is 6.60. The molecule has 0 fully saturated rings. The van der Waals surface area contributed by atoms with E-state index in [-0.39, 0.29) is 5.75 Å². The summed E-state index contributed by atoms with van der Waals surface area (Å²) >= 11 is 0. The van der Waals surface area contributed by atoms with E-state index in [1.807, 2.05) is 13.0 Å². The summed E-state index contributed by atoms with van der Waals surface area (Å²) in [6, 6.07) is 2.94. The highest BCUT2D eigenvalue weighted by Gasteiger charge is 2.13. The molecule has 1 rings (SSSR count). The Morgan fingerprint density at radius 2 is 2.14 bits per heavy atom. The topological polar surface area (TPSA) is 46.2 Å². The third-order valence-electron chi connectivity index (χ3n) is 2.36. The molecule has 3 heteroatoms. The highest BCUT2D eigenvalue weighted by molar-refractivity contribution is 5.44. The Kier molecular flexibility index (Phi) is 3.47. The summed E-state index contributed by atoms with van der Waals surface area (Å²) in [7, 11) is 0. The zero-order valence-corrected chi connectivity index (χ0v) is 8.55. The van der Waals surface area contributed by atoms with Crippen molar-refractivity contribution in [2.45, 2.75) is 26.3 Å². The van der Waals surface area contributed by atoms with Crippen LogP contribution in [0.5, 0.6) is 5.75 Å². The van der Waals surface area contributed by atoms with Gasteiger partial charge in [-0.05, 0) is 24.5 Å². The molecule has 0 unspecified atom stereocenters. The number of benzene rings is 1. The van der Waals surface area contributed by atoms with Crippen molar-refractivity contribution in [3.8, 4) is 5.75 Å². The molecule has 3 N–H and O–H groups in total. The highest BCUT2D eigenvalue weighted by Crippen LogP contribution is 2.28. The van der Waals surface area contributed by atoms with Crippen molar-refractivity contribution in [3.05, 3.63) is 28.8 Å². The van der Waals surface area contributed by atoms with E-state index in [4.69, 9.17) is 5.73 Å². The largest absolute Gasteiger partial charge is 0.507 e. The number of phenols is 1. The summed E-state index contributed by atoms with van der Waals surface area (Å²) in [5.41, 5.74) is 7.88. The molecule has 0 amide bonds. The van der Waals surface area contributed by atoms with Gasteiger partial charge < -0.3 is 10.8 Å². The van der Waals surface area contributed by atoms with Crippen LogP contribution in [0.4, 0.5) is 4.39 Å². The maximum Gasteiger partial charge on any atom is 0.123 e. The molecule has 14 heavy (non-hydrogen) atoms. The van der Waals surface area contributed by atoms with Crippen LogP contribution in [0.2, 0.25) is 0 Å². The van der Waals surface area contributed by atoms with E-state index in [9.17, 15) is 9.50 Å². The van der Waals surface area contributed by atoms with Gasteiger partial charge in [0.05, 0.1) is 6.04 Å². The quantitative estimate of drug-likeness (QED) is 0.780. The Balaban J connectivity index is 3.20. The lowest BCUT2D eigenvalue weighted by Crippen LogP contribution is -2.13. The third-order valence-corrected chi connectivity index (χ3v) is 2.36. The molecule has 2 nitrogen and oxygen atoms in total. The predicted octanol–water partition coefficient (Wildman–Crippen LogP) is 2.23. The van der Waals surface area contributed by atoms with Crippen molar-refractivity contribution >= 4 is 0 Å². The first-order valence-electron chi connectivity index (χ1n) is 4.74. The van der Waals surface area contributed by atoms with Gasteiger partial charge in [0, 0.05) is 5.56 Å².